The molecule has 1 aromatic rings. The fraction of sp³-hybridized carbons (Fsp3) is 0.250. The highest BCUT2D eigenvalue weighted by atomic mass is 32.1. The molecule has 0 atom stereocenters. The maximum atomic E-state index is 2.08. The summed E-state index contributed by atoms with van der Waals surface area (Å²) in [5, 5.41) is 0. The van der Waals surface area contributed by atoms with E-state index in [9.17, 15) is 0 Å². The summed E-state index contributed by atoms with van der Waals surface area (Å²) in [7, 11) is 4.07. The minimum Gasteiger partial charge on any atom is -0.378 e. The zero-order valence-electron chi connectivity index (χ0n) is 6.33. The molecule has 0 bridgehead atoms. The van der Waals surface area contributed by atoms with Gasteiger partial charge in [-0.2, -0.15) is 13.5 Å². The summed E-state index contributed by atoms with van der Waals surface area (Å²) in [4.78, 5) is 2.08. The summed E-state index contributed by atoms with van der Waals surface area (Å²) < 4.78 is 0. The Balaban J connectivity index is 0.000000810. The molecule has 0 heterocycles. The monoisotopic (exact) mass is 155 g/mol. The first kappa shape index (κ1) is 9.37. The Hall–Kier alpha value is -0.630. The van der Waals surface area contributed by atoms with Crippen LogP contribution in [0.15, 0.2) is 30.3 Å². The molecular weight excluding hydrogens is 142 g/mol. The Bertz CT molecular complexity index is 172. The second-order valence-corrected chi connectivity index (χ2v) is 2.23. The zero-order chi connectivity index (χ0) is 6.69. The maximum Gasteiger partial charge on any atom is 0.0360 e. The molecule has 0 aromatic heterocycles. The first-order chi connectivity index (χ1) is 4.30. The third-order valence-electron chi connectivity index (χ3n) is 1.27. The summed E-state index contributed by atoms with van der Waals surface area (Å²) in [6.07, 6.45) is 0. The lowest BCUT2D eigenvalue weighted by molar-refractivity contribution is 1.13. The van der Waals surface area contributed by atoms with Gasteiger partial charge in [0.25, 0.3) is 0 Å². The summed E-state index contributed by atoms with van der Waals surface area (Å²) >= 11 is 0. The fourth-order valence-corrected chi connectivity index (χ4v) is 0.726. The van der Waals surface area contributed by atoms with E-state index in [0.29, 0.717) is 0 Å². The lowest BCUT2D eigenvalue weighted by atomic mass is 10.3. The minimum atomic E-state index is 0. The van der Waals surface area contributed by atoms with Gasteiger partial charge in [0.15, 0.2) is 0 Å². The zero-order valence-corrected chi connectivity index (χ0v) is 7.33. The van der Waals surface area contributed by atoms with Crippen LogP contribution in [0.3, 0.4) is 0 Å². The van der Waals surface area contributed by atoms with Gasteiger partial charge in [0.1, 0.15) is 0 Å². The van der Waals surface area contributed by atoms with Crippen LogP contribution in [0.5, 0.6) is 0 Å². The van der Waals surface area contributed by atoms with E-state index in [1.165, 1.54) is 5.69 Å². The van der Waals surface area contributed by atoms with Gasteiger partial charge >= 0.3 is 0 Å². The predicted molar refractivity (Wildman–Crippen MR) is 51.2 cm³/mol. The number of hydrogen-bond donors (Lipinski definition) is 0. The van der Waals surface area contributed by atoms with Crippen molar-refractivity contribution in [1.82, 2.24) is 0 Å². The van der Waals surface area contributed by atoms with E-state index in [2.05, 4.69) is 17.0 Å². The third-order valence-corrected chi connectivity index (χ3v) is 1.27. The molecule has 0 unspecified atom stereocenters. The molecule has 0 aliphatic heterocycles. The van der Waals surface area contributed by atoms with Crippen LogP contribution >= 0.6 is 13.5 Å². The van der Waals surface area contributed by atoms with Crippen LogP contribution in [0, 0.1) is 0 Å². The second kappa shape index (κ2) is 4.23. The largest absolute Gasteiger partial charge is 0.378 e. The van der Waals surface area contributed by atoms with Crippen molar-refractivity contribution in [2.24, 2.45) is 0 Å². The Morgan fingerprint density at radius 2 is 1.50 bits per heavy atom. The standard InChI is InChI=1S/C8H11N.H2S/c1-9(2)8-6-4-3-5-7-8;/h3-7H,1-2H3;1H2. The highest BCUT2D eigenvalue weighted by molar-refractivity contribution is 7.59. The number of anilines is 1. The molecule has 0 saturated carbocycles. The number of nitrogens with zero attached hydrogens (tertiary/aromatic N) is 1. The van der Waals surface area contributed by atoms with Crippen molar-refractivity contribution in [3.63, 3.8) is 0 Å². The lowest BCUT2D eigenvalue weighted by Crippen LogP contribution is -2.07. The van der Waals surface area contributed by atoms with Gasteiger partial charge in [-0.1, -0.05) is 18.2 Å². The SMILES string of the molecule is CN(C)c1ccccc1.S. The average Bonchev–Trinajstić information content (AvgIpc) is 1.90. The third kappa shape index (κ3) is 2.31. The molecule has 0 spiro atoms. The normalized spacial score (nSPS) is 8.20. The lowest BCUT2D eigenvalue weighted by Gasteiger charge is -2.10. The van der Waals surface area contributed by atoms with Gasteiger partial charge in [0.2, 0.25) is 0 Å². The molecule has 1 aromatic carbocycles. The molecule has 0 fully saturated rings. The molecule has 2 heteroatoms. The van der Waals surface area contributed by atoms with Gasteiger partial charge in [-0.15, -0.1) is 0 Å². The molecule has 0 aliphatic rings. The van der Waals surface area contributed by atoms with E-state index in [0.717, 1.165) is 0 Å². The molecule has 0 aliphatic carbocycles. The Labute approximate surface area is 69.1 Å². The van der Waals surface area contributed by atoms with Crippen molar-refractivity contribution >= 4 is 19.2 Å². The van der Waals surface area contributed by atoms with Crippen molar-refractivity contribution in [3.8, 4) is 0 Å². The highest BCUT2D eigenvalue weighted by Crippen LogP contribution is 2.07. The fourth-order valence-electron chi connectivity index (χ4n) is 0.726. The maximum absolute atomic E-state index is 2.08. The van der Waals surface area contributed by atoms with E-state index in [1.54, 1.807) is 0 Å². The van der Waals surface area contributed by atoms with E-state index in [-0.39, 0.29) is 13.5 Å². The van der Waals surface area contributed by atoms with Crippen LogP contribution in [-0.4, -0.2) is 14.1 Å². The van der Waals surface area contributed by atoms with Crippen LogP contribution in [0.2, 0.25) is 0 Å². The summed E-state index contributed by atoms with van der Waals surface area (Å²) in [5.74, 6) is 0. The summed E-state index contributed by atoms with van der Waals surface area (Å²) in [6, 6.07) is 10.3. The topological polar surface area (TPSA) is 3.24 Å². The van der Waals surface area contributed by atoms with Gasteiger partial charge in [0.05, 0.1) is 0 Å². The molecule has 0 saturated heterocycles. The number of hydrogen-bond acceptors (Lipinski definition) is 1. The molecule has 56 valence electrons. The van der Waals surface area contributed by atoms with Crippen LogP contribution < -0.4 is 4.90 Å². The smallest absolute Gasteiger partial charge is 0.0360 e. The highest BCUT2D eigenvalue weighted by Gasteiger charge is 1.87. The Kier molecular flexibility index (Phi) is 3.96. The van der Waals surface area contributed by atoms with E-state index < -0.39 is 0 Å². The van der Waals surface area contributed by atoms with Gasteiger partial charge in [-0.05, 0) is 12.1 Å². The minimum absolute atomic E-state index is 0. The number of para-hydroxylation sites is 1. The molecular formula is C8H13NS. The van der Waals surface area contributed by atoms with Crippen LogP contribution in [0.25, 0.3) is 0 Å². The van der Waals surface area contributed by atoms with Gasteiger partial charge in [-0.3, -0.25) is 0 Å². The Morgan fingerprint density at radius 3 is 1.80 bits per heavy atom. The molecule has 1 rings (SSSR count). The van der Waals surface area contributed by atoms with Gasteiger partial charge < -0.3 is 4.90 Å². The van der Waals surface area contributed by atoms with Crippen molar-refractivity contribution in [2.75, 3.05) is 19.0 Å². The Morgan fingerprint density at radius 1 is 1.00 bits per heavy atom. The quantitative estimate of drug-likeness (QED) is 0.598. The number of rotatable bonds is 1. The van der Waals surface area contributed by atoms with E-state index in [4.69, 9.17) is 0 Å². The molecule has 0 N–H and O–H groups in total. The van der Waals surface area contributed by atoms with Crippen LogP contribution in [-0.2, 0) is 0 Å². The summed E-state index contributed by atoms with van der Waals surface area (Å²) in [5.41, 5.74) is 1.25. The molecule has 10 heavy (non-hydrogen) atoms. The van der Waals surface area contributed by atoms with Crippen LogP contribution in [0.4, 0.5) is 5.69 Å². The van der Waals surface area contributed by atoms with Gasteiger partial charge in [0, 0.05) is 19.8 Å². The molecule has 0 radical (unpaired) electrons. The van der Waals surface area contributed by atoms with Crippen LogP contribution in [0.1, 0.15) is 0 Å². The molecule has 1 nitrogen and oxygen atoms in total. The van der Waals surface area contributed by atoms with Crippen molar-refractivity contribution in [2.45, 2.75) is 0 Å². The number of benzene rings is 1. The van der Waals surface area contributed by atoms with E-state index >= 15 is 0 Å². The first-order valence-corrected chi connectivity index (χ1v) is 3.03. The van der Waals surface area contributed by atoms with E-state index in [1.807, 2.05) is 32.3 Å². The predicted octanol–water partition coefficient (Wildman–Crippen LogP) is 1.87. The molecule has 0 amide bonds. The average molecular weight is 155 g/mol. The second-order valence-electron chi connectivity index (χ2n) is 2.23. The van der Waals surface area contributed by atoms with Crippen molar-refractivity contribution in [3.05, 3.63) is 30.3 Å². The van der Waals surface area contributed by atoms with Gasteiger partial charge in [-0.25, -0.2) is 0 Å². The van der Waals surface area contributed by atoms with Crippen molar-refractivity contribution in [1.29, 1.82) is 0 Å². The summed E-state index contributed by atoms with van der Waals surface area (Å²) in [6.45, 7) is 0. The first-order valence-electron chi connectivity index (χ1n) is 3.03. The van der Waals surface area contributed by atoms with Crippen molar-refractivity contribution < 1.29 is 0 Å².